The summed E-state index contributed by atoms with van der Waals surface area (Å²) in [5.41, 5.74) is 3.59. The van der Waals surface area contributed by atoms with Gasteiger partial charge in [-0.15, -0.1) is 5.10 Å². The molecule has 2 aromatic carbocycles. The monoisotopic (exact) mass is 321 g/mol. The first-order valence-electron chi connectivity index (χ1n) is 8.38. The minimum atomic E-state index is 0.387. The summed E-state index contributed by atoms with van der Waals surface area (Å²) in [6, 6.07) is 16.1. The van der Waals surface area contributed by atoms with Crippen molar-refractivity contribution in [2.75, 3.05) is 0 Å². The third-order valence-corrected chi connectivity index (χ3v) is 4.18. The Morgan fingerprint density at radius 3 is 2.54 bits per heavy atom. The maximum absolute atomic E-state index is 5.90. The van der Waals surface area contributed by atoms with Gasteiger partial charge >= 0.3 is 0 Å². The van der Waals surface area contributed by atoms with Crippen LogP contribution in [0.25, 0.3) is 0 Å². The number of aryl methyl sites for hydroxylation is 2. The van der Waals surface area contributed by atoms with Crippen molar-refractivity contribution in [2.45, 2.75) is 39.7 Å². The van der Waals surface area contributed by atoms with Crippen molar-refractivity contribution in [3.05, 3.63) is 71.5 Å². The molecule has 0 saturated carbocycles. The summed E-state index contributed by atoms with van der Waals surface area (Å²) in [5.74, 6) is 2.11. The molecule has 0 N–H and O–H groups in total. The fourth-order valence-electron chi connectivity index (χ4n) is 2.90. The average Bonchev–Trinajstić information content (AvgIpc) is 3.03. The molecule has 0 saturated heterocycles. The fourth-order valence-corrected chi connectivity index (χ4v) is 2.90. The Morgan fingerprint density at radius 1 is 1.08 bits per heavy atom. The second-order valence-electron chi connectivity index (χ2n) is 6.10. The van der Waals surface area contributed by atoms with Crippen LogP contribution in [0.15, 0.2) is 54.7 Å². The molecule has 1 atom stereocenters. The molecule has 0 spiro atoms. The maximum Gasteiger partial charge on any atom is 0.127 e. The number of benzene rings is 2. The van der Waals surface area contributed by atoms with Crippen LogP contribution < -0.4 is 4.74 Å². The number of nitrogens with zero attached hydrogens (tertiary/aromatic N) is 3. The van der Waals surface area contributed by atoms with Crippen LogP contribution in [0.1, 0.15) is 36.6 Å². The lowest BCUT2D eigenvalue weighted by Gasteiger charge is -2.15. The quantitative estimate of drug-likeness (QED) is 0.658. The van der Waals surface area contributed by atoms with Crippen molar-refractivity contribution in [1.29, 1.82) is 0 Å². The van der Waals surface area contributed by atoms with Gasteiger partial charge in [0.05, 0.1) is 5.69 Å². The molecule has 3 rings (SSSR count). The van der Waals surface area contributed by atoms with Crippen LogP contribution in [0, 0.1) is 6.92 Å². The van der Waals surface area contributed by atoms with Gasteiger partial charge in [0.25, 0.3) is 0 Å². The number of ether oxygens (including phenoxy) is 1. The Kier molecular flexibility index (Phi) is 4.94. The van der Waals surface area contributed by atoms with E-state index in [0.29, 0.717) is 5.92 Å². The zero-order valence-electron chi connectivity index (χ0n) is 14.4. The smallest absolute Gasteiger partial charge is 0.127 e. The minimum absolute atomic E-state index is 0.387. The third-order valence-electron chi connectivity index (χ3n) is 4.18. The van der Waals surface area contributed by atoms with Gasteiger partial charge in [-0.3, -0.25) is 4.68 Å². The van der Waals surface area contributed by atoms with Crippen LogP contribution in [0.4, 0.5) is 0 Å². The van der Waals surface area contributed by atoms with Crippen molar-refractivity contribution in [1.82, 2.24) is 15.0 Å². The van der Waals surface area contributed by atoms with Gasteiger partial charge in [-0.1, -0.05) is 36.4 Å². The molecular weight excluding hydrogens is 298 g/mol. The second kappa shape index (κ2) is 7.30. The van der Waals surface area contributed by atoms with Crippen LogP contribution in [-0.4, -0.2) is 15.0 Å². The molecule has 3 aromatic rings. The van der Waals surface area contributed by atoms with E-state index in [1.54, 1.807) is 0 Å². The Morgan fingerprint density at radius 2 is 1.88 bits per heavy atom. The number of hydrogen-bond acceptors (Lipinski definition) is 3. The summed E-state index contributed by atoms with van der Waals surface area (Å²) in [6.45, 7) is 7.28. The lowest BCUT2D eigenvalue weighted by molar-refractivity contribution is 0.482. The highest BCUT2D eigenvalue weighted by atomic mass is 16.5. The molecule has 0 aliphatic rings. The van der Waals surface area contributed by atoms with E-state index in [2.05, 4.69) is 43.2 Å². The van der Waals surface area contributed by atoms with Gasteiger partial charge in [-0.25, -0.2) is 0 Å². The van der Waals surface area contributed by atoms with E-state index in [1.807, 2.05) is 47.3 Å². The van der Waals surface area contributed by atoms with E-state index in [1.165, 1.54) is 11.1 Å². The summed E-state index contributed by atoms with van der Waals surface area (Å²) in [7, 11) is 0. The van der Waals surface area contributed by atoms with E-state index in [-0.39, 0.29) is 0 Å². The summed E-state index contributed by atoms with van der Waals surface area (Å²) in [6.07, 6.45) is 2.92. The number of rotatable bonds is 6. The Balaban J connectivity index is 1.71. The number of hydrogen-bond donors (Lipinski definition) is 0. The van der Waals surface area contributed by atoms with E-state index in [9.17, 15) is 0 Å². The molecular formula is C20H23N3O. The molecule has 24 heavy (non-hydrogen) atoms. The molecule has 0 radical (unpaired) electrons. The minimum Gasteiger partial charge on any atom is -0.457 e. The Bertz CT molecular complexity index is 796. The number of para-hydroxylation sites is 1. The van der Waals surface area contributed by atoms with Crippen molar-refractivity contribution in [2.24, 2.45) is 0 Å². The first-order chi connectivity index (χ1) is 11.7. The summed E-state index contributed by atoms with van der Waals surface area (Å²) >= 11 is 0. The van der Waals surface area contributed by atoms with Gasteiger partial charge in [-0.05, 0) is 61.6 Å². The summed E-state index contributed by atoms with van der Waals surface area (Å²) < 4.78 is 7.77. The predicted octanol–water partition coefficient (Wildman–Crippen LogP) is 4.74. The second-order valence-corrected chi connectivity index (χ2v) is 6.10. The van der Waals surface area contributed by atoms with Crippen LogP contribution in [0.2, 0.25) is 0 Å². The zero-order chi connectivity index (χ0) is 16.9. The van der Waals surface area contributed by atoms with Gasteiger partial charge in [0.2, 0.25) is 0 Å². The highest BCUT2D eigenvalue weighted by molar-refractivity contribution is 5.39. The molecule has 1 unspecified atom stereocenters. The fraction of sp³-hybridized carbons (Fsp3) is 0.300. The Hall–Kier alpha value is -2.62. The summed E-state index contributed by atoms with van der Waals surface area (Å²) in [5, 5.41) is 8.36. The Labute approximate surface area is 143 Å². The molecule has 1 aromatic heterocycles. The van der Waals surface area contributed by atoms with Crippen molar-refractivity contribution < 1.29 is 4.74 Å². The molecule has 0 aliphatic carbocycles. The average molecular weight is 321 g/mol. The van der Waals surface area contributed by atoms with E-state index in [4.69, 9.17) is 4.74 Å². The van der Waals surface area contributed by atoms with Gasteiger partial charge in [-0.2, -0.15) is 0 Å². The molecule has 4 nitrogen and oxygen atoms in total. The molecule has 124 valence electrons. The van der Waals surface area contributed by atoms with Crippen molar-refractivity contribution in [3.63, 3.8) is 0 Å². The largest absolute Gasteiger partial charge is 0.457 e. The first-order valence-corrected chi connectivity index (χ1v) is 8.38. The van der Waals surface area contributed by atoms with Crippen LogP contribution in [0.5, 0.6) is 11.5 Å². The summed E-state index contributed by atoms with van der Waals surface area (Å²) in [4.78, 5) is 0. The van der Waals surface area contributed by atoms with Crippen LogP contribution in [-0.2, 0) is 13.0 Å². The first kappa shape index (κ1) is 16.2. The molecule has 0 amide bonds. The lowest BCUT2D eigenvalue weighted by atomic mass is 9.92. The van der Waals surface area contributed by atoms with Gasteiger partial charge < -0.3 is 4.74 Å². The third kappa shape index (κ3) is 3.82. The van der Waals surface area contributed by atoms with Crippen LogP contribution >= 0.6 is 0 Å². The van der Waals surface area contributed by atoms with E-state index < -0.39 is 0 Å². The normalized spacial score (nSPS) is 12.1. The molecule has 0 fully saturated rings. The number of aromatic nitrogens is 3. The van der Waals surface area contributed by atoms with Crippen molar-refractivity contribution >= 4 is 0 Å². The molecule has 4 heteroatoms. The standard InChI is InChI=1S/C20H23N3O/c1-4-23-14-17(21-22-23)12-15(2)20-11-10-19(13-16(20)3)24-18-8-6-5-7-9-18/h5-11,13-15H,4,12H2,1-3H3. The van der Waals surface area contributed by atoms with Crippen molar-refractivity contribution in [3.8, 4) is 11.5 Å². The zero-order valence-corrected chi connectivity index (χ0v) is 14.4. The van der Waals surface area contributed by atoms with E-state index in [0.717, 1.165) is 30.2 Å². The topological polar surface area (TPSA) is 39.9 Å². The molecule has 0 aliphatic heterocycles. The highest BCUT2D eigenvalue weighted by Crippen LogP contribution is 2.28. The van der Waals surface area contributed by atoms with Gasteiger partial charge in [0, 0.05) is 12.7 Å². The lowest BCUT2D eigenvalue weighted by Crippen LogP contribution is -2.01. The SMILES string of the molecule is CCn1cc(CC(C)c2ccc(Oc3ccccc3)cc2C)nn1. The molecule has 0 bridgehead atoms. The van der Waals surface area contributed by atoms with Gasteiger partial charge in [0.1, 0.15) is 11.5 Å². The van der Waals surface area contributed by atoms with Crippen LogP contribution in [0.3, 0.4) is 0 Å². The van der Waals surface area contributed by atoms with Gasteiger partial charge in [0.15, 0.2) is 0 Å². The molecule has 1 heterocycles. The predicted molar refractivity (Wildman–Crippen MR) is 95.5 cm³/mol. The maximum atomic E-state index is 5.90. The highest BCUT2D eigenvalue weighted by Gasteiger charge is 2.12. The van der Waals surface area contributed by atoms with E-state index >= 15 is 0 Å².